The Morgan fingerprint density at radius 3 is 2.62 bits per heavy atom. The topological polar surface area (TPSA) is 141 Å². The molecule has 0 aromatic carbocycles. The predicted octanol–water partition coefficient (Wildman–Crippen LogP) is 2.60. The molecule has 11 nitrogen and oxygen atoms in total. The molecule has 1 unspecified atom stereocenters. The minimum Gasteiger partial charge on any atom is -0.408 e. The van der Waals surface area contributed by atoms with E-state index in [0.717, 1.165) is 0 Å². The van der Waals surface area contributed by atoms with Crippen molar-refractivity contribution in [3.63, 3.8) is 0 Å². The van der Waals surface area contributed by atoms with Crippen LogP contribution in [0.2, 0.25) is 18.1 Å². The number of carbonyl (C=O) groups excluding carboxylic acids is 1. The van der Waals surface area contributed by atoms with Gasteiger partial charge in [0.1, 0.15) is 18.3 Å². The Kier molecular flexibility index (Phi) is 8.01. The highest BCUT2D eigenvalue weighted by Gasteiger charge is 2.51. The number of amides is 1. The smallest absolute Gasteiger partial charge is 0.280 e. The number of imidazole rings is 1. The molecule has 0 radical (unpaired) electrons. The van der Waals surface area contributed by atoms with Gasteiger partial charge in [-0.15, -0.1) is 0 Å². The van der Waals surface area contributed by atoms with E-state index in [1.165, 1.54) is 6.33 Å². The lowest BCUT2D eigenvalue weighted by Gasteiger charge is -2.40. The van der Waals surface area contributed by atoms with Gasteiger partial charge in [0.25, 0.3) is 5.56 Å². The van der Waals surface area contributed by atoms with Gasteiger partial charge in [-0.3, -0.25) is 24.5 Å². The van der Waals surface area contributed by atoms with Crippen LogP contribution in [0.3, 0.4) is 0 Å². The molecular formula is C21H36N5O6PSi. The average Bonchev–Trinajstić information content (AvgIpc) is 3.29. The second-order valence-electron chi connectivity index (χ2n) is 10.3. The Hall–Kier alpha value is -1.69. The number of aromatic nitrogens is 4. The van der Waals surface area contributed by atoms with Crippen molar-refractivity contribution in [2.75, 3.05) is 18.6 Å². The van der Waals surface area contributed by atoms with Crippen molar-refractivity contribution in [1.29, 1.82) is 0 Å². The highest BCUT2D eigenvalue weighted by Crippen LogP contribution is 2.43. The summed E-state index contributed by atoms with van der Waals surface area (Å²) in [5.74, 6) is -0.535. The lowest BCUT2D eigenvalue weighted by atomic mass is 10.1. The van der Waals surface area contributed by atoms with Crippen LogP contribution < -0.4 is 10.9 Å². The normalized spacial score (nSPS) is 24.1. The van der Waals surface area contributed by atoms with Crippen molar-refractivity contribution in [3.05, 3.63) is 16.7 Å². The van der Waals surface area contributed by atoms with Crippen molar-refractivity contribution in [3.8, 4) is 0 Å². The van der Waals surface area contributed by atoms with Crippen LogP contribution in [0.1, 0.15) is 40.8 Å². The van der Waals surface area contributed by atoms with Crippen LogP contribution in [0.5, 0.6) is 0 Å². The minimum absolute atomic E-state index is 0.0264. The van der Waals surface area contributed by atoms with Crippen LogP contribution in [0, 0.1) is 5.92 Å². The number of nitrogens with one attached hydrogen (secondary N) is 2. The number of carbonyl (C=O) groups is 1. The summed E-state index contributed by atoms with van der Waals surface area (Å²) in [5, 5.41) is 12.7. The van der Waals surface area contributed by atoms with E-state index in [4.69, 9.17) is 13.7 Å². The largest absolute Gasteiger partial charge is 0.408 e. The van der Waals surface area contributed by atoms with Crippen LogP contribution in [0.15, 0.2) is 11.1 Å². The van der Waals surface area contributed by atoms with Gasteiger partial charge in [-0.1, -0.05) is 34.6 Å². The van der Waals surface area contributed by atoms with Gasteiger partial charge in [-0.05, 0) is 24.8 Å². The zero-order valence-electron chi connectivity index (χ0n) is 21.0. The van der Waals surface area contributed by atoms with E-state index in [2.05, 4.69) is 54.1 Å². The summed E-state index contributed by atoms with van der Waals surface area (Å²) < 4.78 is 20.6. The Balaban J connectivity index is 2.03. The van der Waals surface area contributed by atoms with Gasteiger partial charge < -0.3 is 18.8 Å². The number of hydrogen-bond acceptors (Lipinski definition) is 8. The van der Waals surface area contributed by atoms with Gasteiger partial charge in [0, 0.05) is 14.7 Å². The van der Waals surface area contributed by atoms with Gasteiger partial charge in [0.05, 0.1) is 12.9 Å². The number of anilines is 1. The zero-order chi connectivity index (χ0) is 25.4. The number of H-pyrrole nitrogens is 1. The maximum Gasteiger partial charge on any atom is 0.280 e. The van der Waals surface area contributed by atoms with Gasteiger partial charge >= 0.3 is 0 Å². The summed E-state index contributed by atoms with van der Waals surface area (Å²) in [6.07, 6.45) is -0.957. The average molecular weight is 514 g/mol. The molecule has 3 N–H and O–H groups in total. The molecule has 13 heteroatoms. The van der Waals surface area contributed by atoms with Crippen LogP contribution in [-0.4, -0.2) is 70.4 Å². The Bertz CT molecular complexity index is 1080. The first kappa shape index (κ1) is 26.9. The number of hydrogen-bond donors (Lipinski definition) is 3. The zero-order valence-corrected chi connectivity index (χ0v) is 23.0. The number of nitrogens with zero attached hydrogens (tertiary/aromatic N) is 3. The third kappa shape index (κ3) is 5.27. The highest BCUT2D eigenvalue weighted by atomic mass is 31.1. The van der Waals surface area contributed by atoms with Crippen molar-refractivity contribution >= 4 is 40.1 Å². The molecule has 0 spiro atoms. The SMILES string of the molecule is CPO[C@@H]1[C@H](O[Si](C)(C)C(C)(C)C)[C@@H](CO)O[C@H]1n1cnc2c(=O)[nH]c(NC(=O)C(C)C)nc21. The molecule has 1 fully saturated rings. The molecule has 5 atom stereocenters. The van der Waals surface area contributed by atoms with Crippen molar-refractivity contribution in [2.45, 2.75) is 77.3 Å². The van der Waals surface area contributed by atoms with Crippen LogP contribution in [0.25, 0.3) is 11.2 Å². The maximum atomic E-state index is 12.6. The van der Waals surface area contributed by atoms with Crippen LogP contribution in [-0.2, 0) is 18.5 Å². The van der Waals surface area contributed by atoms with E-state index < -0.39 is 38.4 Å². The minimum atomic E-state index is -2.23. The first-order valence-corrected chi connectivity index (χ1v) is 15.7. The Morgan fingerprint density at radius 2 is 2.06 bits per heavy atom. The lowest BCUT2D eigenvalue weighted by Crippen LogP contribution is -2.49. The Labute approximate surface area is 202 Å². The summed E-state index contributed by atoms with van der Waals surface area (Å²) in [5.41, 5.74) is -0.132. The van der Waals surface area contributed by atoms with E-state index in [-0.39, 0.29) is 49.4 Å². The third-order valence-corrected chi connectivity index (χ3v) is 11.4. The molecule has 0 aliphatic carbocycles. The third-order valence-electron chi connectivity index (χ3n) is 6.43. The maximum absolute atomic E-state index is 12.6. The number of aromatic amines is 1. The molecule has 3 heterocycles. The molecule has 1 saturated heterocycles. The predicted molar refractivity (Wildman–Crippen MR) is 134 cm³/mol. The molecule has 2 aromatic rings. The van der Waals surface area contributed by atoms with Crippen LogP contribution in [0.4, 0.5) is 5.95 Å². The molecule has 34 heavy (non-hydrogen) atoms. The first-order valence-electron chi connectivity index (χ1n) is 11.3. The molecular weight excluding hydrogens is 477 g/mol. The molecule has 1 aliphatic rings. The Morgan fingerprint density at radius 1 is 1.38 bits per heavy atom. The van der Waals surface area contributed by atoms with E-state index in [1.54, 1.807) is 18.4 Å². The molecule has 1 aliphatic heterocycles. The van der Waals surface area contributed by atoms with Gasteiger partial charge in [-0.2, -0.15) is 4.98 Å². The van der Waals surface area contributed by atoms with Gasteiger partial charge in [0.2, 0.25) is 11.9 Å². The molecule has 0 saturated carbocycles. The molecule has 190 valence electrons. The molecule has 2 aromatic heterocycles. The van der Waals surface area contributed by atoms with Crippen molar-refractivity contribution in [1.82, 2.24) is 19.5 Å². The number of aliphatic hydroxyl groups excluding tert-OH is 1. The fourth-order valence-corrected chi connectivity index (χ4v) is 5.27. The monoisotopic (exact) mass is 513 g/mol. The van der Waals surface area contributed by atoms with E-state index in [9.17, 15) is 14.7 Å². The number of ether oxygens (including phenoxy) is 1. The first-order chi connectivity index (χ1) is 15.8. The quantitative estimate of drug-likeness (QED) is 0.361. The van der Waals surface area contributed by atoms with Crippen LogP contribution >= 0.6 is 8.81 Å². The molecule has 3 rings (SSSR count). The summed E-state index contributed by atoms with van der Waals surface area (Å²) in [6, 6.07) is 0. The fraction of sp³-hybridized carbons (Fsp3) is 0.714. The lowest BCUT2D eigenvalue weighted by molar-refractivity contribution is -0.118. The molecule has 1 amide bonds. The highest BCUT2D eigenvalue weighted by molar-refractivity contribution is 7.31. The number of rotatable bonds is 8. The van der Waals surface area contributed by atoms with Gasteiger partial charge in [0.15, 0.2) is 25.7 Å². The second-order valence-corrected chi connectivity index (χ2v) is 15.7. The fourth-order valence-electron chi connectivity index (χ4n) is 3.43. The van der Waals surface area contributed by atoms with Crippen molar-refractivity contribution in [2.24, 2.45) is 5.92 Å². The standard InChI is InChI=1S/C21H36N5O6PSi/c1-11(2)17(28)24-20-23-16-13(18(29)25-20)22-10-26(16)19-15(31-33-6)14(12(9-27)30-19)32-34(7,8)21(3,4)5/h10-12,14-15,19,27,33H,9H2,1-8H3,(H2,23,24,25,28,29)/t12-,14-,15-,19-/m1/s1. The van der Waals surface area contributed by atoms with E-state index >= 15 is 0 Å². The summed E-state index contributed by atoms with van der Waals surface area (Å²) in [7, 11) is -2.08. The summed E-state index contributed by atoms with van der Waals surface area (Å²) in [6.45, 7) is 15.8. The van der Waals surface area contributed by atoms with E-state index in [1.807, 2.05) is 6.66 Å². The summed E-state index contributed by atoms with van der Waals surface area (Å²) in [4.78, 5) is 36.0. The second kappa shape index (κ2) is 10.1. The number of fused-ring (bicyclic) bond motifs is 1. The summed E-state index contributed by atoms with van der Waals surface area (Å²) >= 11 is 0. The van der Waals surface area contributed by atoms with Gasteiger partial charge in [-0.25, -0.2) is 4.98 Å². The van der Waals surface area contributed by atoms with Crippen molar-refractivity contribution < 1.29 is 23.6 Å². The number of aliphatic hydroxyl groups is 1. The molecule has 0 bridgehead atoms. The van der Waals surface area contributed by atoms with E-state index in [0.29, 0.717) is 0 Å².